The molecule has 1 aliphatic rings. The molecule has 0 saturated carbocycles. The van der Waals surface area contributed by atoms with Gasteiger partial charge in [0.1, 0.15) is 5.75 Å². The number of unbranched alkanes of at least 4 members (excludes halogenated alkanes) is 11. The van der Waals surface area contributed by atoms with Gasteiger partial charge < -0.3 is 20.3 Å². The number of hydrogen-bond acceptors (Lipinski definition) is 4. The summed E-state index contributed by atoms with van der Waals surface area (Å²) in [4.78, 5) is 16.2. The summed E-state index contributed by atoms with van der Waals surface area (Å²) in [7, 11) is 0. The molecule has 0 atom stereocenters. The number of rotatable bonds is 18. The highest BCUT2D eigenvalue weighted by Gasteiger charge is 2.13. The Balaban J connectivity index is 0.00000533. The SMILES string of the molecule is Br.CCCCCCCCCCCCCCOc1ccc(NC(=O)Nc2ccccc2CN2C=C(C)SC2)cc1. The van der Waals surface area contributed by atoms with Crippen molar-refractivity contribution in [3.05, 3.63) is 65.2 Å². The van der Waals surface area contributed by atoms with E-state index in [0.717, 1.165) is 48.1 Å². The second kappa shape index (κ2) is 19.9. The first-order valence-electron chi connectivity index (χ1n) is 14.6. The Morgan fingerprint density at radius 1 is 0.846 bits per heavy atom. The molecule has 3 rings (SSSR count). The average Bonchev–Trinajstić information content (AvgIpc) is 3.33. The first-order valence-corrected chi connectivity index (χ1v) is 15.6. The molecule has 2 N–H and O–H groups in total. The third-order valence-corrected chi connectivity index (χ3v) is 7.86. The number of nitrogens with one attached hydrogen (secondary N) is 2. The van der Waals surface area contributed by atoms with E-state index >= 15 is 0 Å². The summed E-state index contributed by atoms with van der Waals surface area (Å²) in [6.45, 7) is 5.91. The van der Waals surface area contributed by atoms with Gasteiger partial charge in [-0.3, -0.25) is 0 Å². The van der Waals surface area contributed by atoms with Gasteiger partial charge in [0.2, 0.25) is 0 Å². The van der Waals surface area contributed by atoms with Gasteiger partial charge in [0.05, 0.1) is 12.5 Å². The second-order valence-corrected chi connectivity index (χ2v) is 11.4. The normalized spacial score (nSPS) is 12.6. The molecule has 216 valence electrons. The quantitative estimate of drug-likeness (QED) is 0.163. The van der Waals surface area contributed by atoms with Gasteiger partial charge in [0.15, 0.2) is 0 Å². The Morgan fingerprint density at radius 3 is 2.08 bits per heavy atom. The van der Waals surface area contributed by atoms with E-state index in [0.29, 0.717) is 0 Å². The molecular formula is C32H48BrN3O2S. The van der Waals surface area contributed by atoms with Crippen LogP contribution in [0.15, 0.2) is 59.6 Å². The number of amides is 2. The monoisotopic (exact) mass is 617 g/mol. The van der Waals surface area contributed by atoms with Gasteiger partial charge in [-0.15, -0.1) is 28.7 Å². The molecular weight excluding hydrogens is 570 g/mol. The zero-order valence-electron chi connectivity index (χ0n) is 23.9. The Kier molecular flexibility index (Phi) is 16.9. The van der Waals surface area contributed by atoms with Gasteiger partial charge in [-0.1, -0.05) is 95.8 Å². The number of urea groups is 1. The van der Waals surface area contributed by atoms with Gasteiger partial charge in [0, 0.05) is 24.1 Å². The van der Waals surface area contributed by atoms with E-state index in [1.165, 1.54) is 75.5 Å². The van der Waals surface area contributed by atoms with Crippen LogP contribution in [0.4, 0.5) is 16.2 Å². The van der Waals surface area contributed by atoms with Crippen molar-refractivity contribution < 1.29 is 9.53 Å². The van der Waals surface area contributed by atoms with Crippen LogP contribution in [0.25, 0.3) is 0 Å². The maximum atomic E-state index is 12.6. The molecule has 0 radical (unpaired) electrons. The molecule has 0 unspecified atom stereocenters. The van der Waals surface area contributed by atoms with Crippen molar-refractivity contribution in [3.8, 4) is 5.75 Å². The molecule has 0 saturated heterocycles. The molecule has 1 aliphatic heterocycles. The van der Waals surface area contributed by atoms with E-state index in [1.54, 1.807) is 0 Å². The van der Waals surface area contributed by atoms with Crippen molar-refractivity contribution in [2.75, 3.05) is 23.1 Å². The van der Waals surface area contributed by atoms with Crippen LogP contribution < -0.4 is 15.4 Å². The molecule has 0 aromatic heterocycles. The molecule has 2 aromatic rings. The van der Waals surface area contributed by atoms with Crippen molar-refractivity contribution in [2.24, 2.45) is 0 Å². The average molecular weight is 619 g/mol. The van der Waals surface area contributed by atoms with Crippen LogP contribution in [0.1, 0.15) is 96.5 Å². The molecule has 0 fully saturated rings. The smallest absolute Gasteiger partial charge is 0.323 e. The maximum absolute atomic E-state index is 12.6. The number of ether oxygens (including phenoxy) is 1. The number of carbonyl (C=O) groups excluding carboxylic acids is 1. The van der Waals surface area contributed by atoms with E-state index in [2.05, 4.69) is 41.6 Å². The van der Waals surface area contributed by atoms with Crippen molar-refractivity contribution >= 4 is 46.1 Å². The van der Waals surface area contributed by atoms with Crippen molar-refractivity contribution in [2.45, 2.75) is 97.4 Å². The number of nitrogens with zero attached hydrogens (tertiary/aromatic N) is 1. The third kappa shape index (κ3) is 13.7. The van der Waals surface area contributed by atoms with Crippen LogP contribution in [0.3, 0.4) is 0 Å². The van der Waals surface area contributed by atoms with Crippen LogP contribution in [-0.4, -0.2) is 23.4 Å². The summed E-state index contributed by atoms with van der Waals surface area (Å²) in [5, 5.41) is 5.93. The number of allylic oxidation sites excluding steroid dienone is 1. The Bertz CT molecular complexity index is 984. The molecule has 1 heterocycles. The number of hydrogen-bond donors (Lipinski definition) is 2. The zero-order valence-corrected chi connectivity index (χ0v) is 26.4. The number of halogens is 1. The minimum absolute atomic E-state index is 0. The predicted molar refractivity (Wildman–Crippen MR) is 174 cm³/mol. The lowest BCUT2D eigenvalue weighted by atomic mass is 10.1. The highest BCUT2D eigenvalue weighted by Crippen LogP contribution is 2.27. The summed E-state index contributed by atoms with van der Waals surface area (Å²) in [6, 6.07) is 15.3. The molecule has 0 bridgehead atoms. The summed E-state index contributed by atoms with van der Waals surface area (Å²) in [5.41, 5.74) is 2.67. The van der Waals surface area contributed by atoms with Crippen LogP contribution in [0.2, 0.25) is 0 Å². The molecule has 0 aliphatic carbocycles. The van der Waals surface area contributed by atoms with E-state index in [4.69, 9.17) is 4.74 Å². The largest absolute Gasteiger partial charge is 0.494 e. The molecule has 7 heteroatoms. The summed E-state index contributed by atoms with van der Waals surface area (Å²) >= 11 is 1.84. The van der Waals surface area contributed by atoms with Crippen LogP contribution >= 0.6 is 28.7 Å². The number of anilines is 2. The van der Waals surface area contributed by atoms with Crippen LogP contribution in [0.5, 0.6) is 5.75 Å². The Morgan fingerprint density at radius 2 is 1.46 bits per heavy atom. The van der Waals surface area contributed by atoms with Gasteiger partial charge in [-0.2, -0.15) is 0 Å². The fraction of sp³-hybridized carbons (Fsp3) is 0.531. The van der Waals surface area contributed by atoms with Crippen molar-refractivity contribution in [1.29, 1.82) is 0 Å². The molecule has 5 nitrogen and oxygen atoms in total. The van der Waals surface area contributed by atoms with E-state index in [1.807, 2.05) is 54.2 Å². The fourth-order valence-corrected chi connectivity index (χ4v) is 5.42. The second-order valence-electron chi connectivity index (χ2n) is 10.3. The Labute approximate surface area is 251 Å². The van der Waals surface area contributed by atoms with Gasteiger partial charge >= 0.3 is 6.03 Å². The topological polar surface area (TPSA) is 53.6 Å². The maximum Gasteiger partial charge on any atom is 0.323 e. The minimum atomic E-state index is -0.245. The first-order chi connectivity index (χ1) is 18.6. The lowest BCUT2D eigenvalue weighted by molar-refractivity contribution is 0.262. The lowest BCUT2D eigenvalue weighted by Gasteiger charge is -2.18. The first kappa shape index (κ1) is 33.1. The molecule has 39 heavy (non-hydrogen) atoms. The van der Waals surface area contributed by atoms with Crippen molar-refractivity contribution in [1.82, 2.24) is 4.90 Å². The van der Waals surface area contributed by atoms with Gasteiger partial charge in [-0.25, -0.2) is 4.79 Å². The summed E-state index contributed by atoms with van der Waals surface area (Å²) in [5.74, 6) is 1.79. The number of thioether (sulfide) groups is 1. The molecule has 2 amide bonds. The number of para-hydroxylation sites is 1. The minimum Gasteiger partial charge on any atom is -0.494 e. The molecule has 0 spiro atoms. The molecule has 2 aromatic carbocycles. The van der Waals surface area contributed by atoms with E-state index in [9.17, 15) is 4.79 Å². The number of carbonyl (C=O) groups is 1. The summed E-state index contributed by atoms with van der Waals surface area (Å²) in [6.07, 6.45) is 18.3. The third-order valence-electron chi connectivity index (χ3n) is 6.84. The van der Waals surface area contributed by atoms with Gasteiger partial charge in [0.25, 0.3) is 0 Å². The lowest BCUT2D eigenvalue weighted by Crippen LogP contribution is -2.21. The van der Waals surface area contributed by atoms with Gasteiger partial charge in [-0.05, 0) is 54.1 Å². The van der Waals surface area contributed by atoms with Crippen LogP contribution in [0, 0.1) is 0 Å². The highest BCUT2D eigenvalue weighted by molar-refractivity contribution is 8.93. The predicted octanol–water partition coefficient (Wildman–Crippen LogP) is 10.4. The number of benzene rings is 2. The van der Waals surface area contributed by atoms with E-state index < -0.39 is 0 Å². The Hall–Kier alpha value is -2.12. The summed E-state index contributed by atoms with van der Waals surface area (Å²) < 4.78 is 5.90. The van der Waals surface area contributed by atoms with Crippen LogP contribution in [-0.2, 0) is 6.54 Å². The fourth-order valence-electron chi connectivity index (χ4n) is 4.66. The van der Waals surface area contributed by atoms with Crippen molar-refractivity contribution in [3.63, 3.8) is 0 Å². The highest BCUT2D eigenvalue weighted by atomic mass is 79.9. The standard InChI is InChI=1S/C32H47N3O2S.BrH/c1-3-4-5-6-7-8-9-10-11-12-13-16-23-37-30-21-19-29(20-22-30)33-32(36)34-31-18-15-14-17-28(31)25-35-24-27(2)38-26-35;/h14-15,17-22,24H,3-13,16,23,25-26H2,1-2H3,(H2,33,34,36);1H. The van der Waals surface area contributed by atoms with E-state index in [-0.39, 0.29) is 23.0 Å². The zero-order chi connectivity index (χ0) is 26.8.